The van der Waals surface area contributed by atoms with Crippen molar-refractivity contribution in [1.29, 1.82) is 0 Å². The highest BCUT2D eigenvalue weighted by Crippen LogP contribution is 2.26. The second-order valence-corrected chi connectivity index (χ2v) is 11.3. The van der Waals surface area contributed by atoms with E-state index in [4.69, 9.17) is 4.74 Å². The van der Waals surface area contributed by atoms with Crippen LogP contribution in [-0.2, 0) is 20.2 Å². The minimum Gasteiger partial charge on any atom is -0.494 e. The average molecular weight is 495 g/mol. The van der Waals surface area contributed by atoms with Gasteiger partial charge < -0.3 is 10.1 Å². The maximum atomic E-state index is 13.5. The third-order valence-corrected chi connectivity index (χ3v) is 7.50. The van der Waals surface area contributed by atoms with Crippen molar-refractivity contribution >= 4 is 21.6 Å². The van der Waals surface area contributed by atoms with Crippen LogP contribution in [0.4, 0.5) is 5.69 Å². The van der Waals surface area contributed by atoms with E-state index in [1.807, 2.05) is 26.0 Å². The molecule has 0 bridgehead atoms. The molecule has 3 rings (SSSR count). The summed E-state index contributed by atoms with van der Waals surface area (Å²) in [5.41, 5.74) is 2.61. The Morgan fingerprint density at radius 1 is 0.943 bits per heavy atom. The number of nitrogens with one attached hydrogen (secondary N) is 1. The summed E-state index contributed by atoms with van der Waals surface area (Å²) in [5.74, 6) is 0.192. The van der Waals surface area contributed by atoms with Gasteiger partial charge in [-0.1, -0.05) is 63.2 Å². The van der Waals surface area contributed by atoms with Crippen LogP contribution in [0.3, 0.4) is 0 Å². The molecule has 0 fully saturated rings. The van der Waals surface area contributed by atoms with Gasteiger partial charge in [-0.15, -0.1) is 0 Å². The second kappa shape index (κ2) is 11.0. The molecule has 1 amide bonds. The van der Waals surface area contributed by atoms with Crippen LogP contribution in [0.1, 0.15) is 51.8 Å². The van der Waals surface area contributed by atoms with Crippen LogP contribution in [0.2, 0.25) is 0 Å². The van der Waals surface area contributed by atoms with Crippen molar-refractivity contribution in [2.75, 3.05) is 17.5 Å². The molecule has 7 heteroatoms. The first kappa shape index (κ1) is 26.3. The molecule has 1 N–H and O–H groups in total. The molecule has 0 aromatic heterocycles. The largest absolute Gasteiger partial charge is 0.494 e. The molecule has 0 aliphatic rings. The lowest BCUT2D eigenvalue weighted by Gasteiger charge is -2.25. The SMILES string of the molecule is CCOc1ccc(S(=O)(=O)N(CC(=O)N[C@@H](C)c2ccc(C(C)(C)C)cc2)c2ccccc2)cc1. The van der Waals surface area contributed by atoms with Crippen molar-refractivity contribution in [2.45, 2.75) is 51.0 Å². The summed E-state index contributed by atoms with van der Waals surface area (Å²) in [7, 11) is -3.99. The van der Waals surface area contributed by atoms with Crippen molar-refractivity contribution in [3.05, 3.63) is 90.0 Å². The standard InChI is InChI=1S/C28H34N2O4S/c1-6-34-25-16-18-26(19-17-25)35(32,33)30(24-10-8-7-9-11-24)20-27(31)29-21(2)22-12-14-23(15-13-22)28(3,4)5/h7-19,21H,6,20H2,1-5H3,(H,29,31)/t21-/m0/s1. The molecule has 0 spiro atoms. The van der Waals surface area contributed by atoms with Gasteiger partial charge in [0.05, 0.1) is 23.2 Å². The molecule has 0 aliphatic carbocycles. The van der Waals surface area contributed by atoms with Gasteiger partial charge in [-0.05, 0) is 66.8 Å². The highest BCUT2D eigenvalue weighted by molar-refractivity contribution is 7.92. The molecule has 0 saturated carbocycles. The summed E-state index contributed by atoms with van der Waals surface area (Å²) in [6.45, 7) is 10.3. The number of ether oxygens (including phenoxy) is 1. The number of benzene rings is 3. The van der Waals surface area contributed by atoms with Crippen LogP contribution in [0.25, 0.3) is 0 Å². The Labute approximate surface area is 209 Å². The number of rotatable bonds is 9. The van der Waals surface area contributed by atoms with Crippen LogP contribution < -0.4 is 14.4 Å². The van der Waals surface area contributed by atoms with Crippen molar-refractivity contribution in [2.24, 2.45) is 0 Å². The molecular weight excluding hydrogens is 460 g/mol. The zero-order valence-corrected chi connectivity index (χ0v) is 21.8. The van der Waals surface area contributed by atoms with Gasteiger partial charge in [0.25, 0.3) is 10.0 Å². The van der Waals surface area contributed by atoms with Crippen LogP contribution in [0, 0.1) is 0 Å². The first-order valence-corrected chi connectivity index (χ1v) is 13.2. The lowest BCUT2D eigenvalue weighted by molar-refractivity contribution is -0.120. The molecule has 6 nitrogen and oxygen atoms in total. The van der Waals surface area contributed by atoms with E-state index < -0.39 is 15.9 Å². The van der Waals surface area contributed by atoms with Gasteiger partial charge in [-0.25, -0.2) is 8.42 Å². The number of carbonyl (C=O) groups is 1. The summed E-state index contributed by atoms with van der Waals surface area (Å²) in [5, 5.41) is 2.94. The fourth-order valence-electron chi connectivity index (χ4n) is 3.68. The van der Waals surface area contributed by atoms with Crippen LogP contribution in [-0.4, -0.2) is 27.5 Å². The zero-order valence-electron chi connectivity index (χ0n) is 21.0. The molecule has 0 radical (unpaired) electrons. The number of amides is 1. The molecule has 0 heterocycles. The second-order valence-electron chi connectivity index (χ2n) is 9.41. The molecular formula is C28H34N2O4S. The average Bonchev–Trinajstić information content (AvgIpc) is 2.83. The van der Waals surface area contributed by atoms with E-state index in [0.717, 1.165) is 9.87 Å². The number of anilines is 1. The van der Waals surface area contributed by atoms with E-state index in [1.165, 1.54) is 17.7 Å². The fraction of sp³-hybridized carbons (Fsp3) is 0.321. The van der Waals surface area contributed by atoms with Gasteiger partial charge >= 0.3 is 0 Å². The Bertz CT molecular complexity index is 1220. The minimum absolute atomic E-state index is 0.0381. The molecule has 0 saturated heterocycles. The third kappa shape index (κ3) is 6.63. The third-order valence-electron chi connectivity index (χ3n) is 5.71. The predicted octanol–water partition coefficient (Wildman–Crippen LogP) is 5.46. The van der Waals surface area contributed by atoms with E-state index in [9.17, 15) is 13.2 Å². The smallest absolute Gasteiger partial charge is 0.264 e. The summed E-state index contributed by atoms with van der Waals surface area (Å²) in [6.07, 6.45) is 0. The number of nitrogens with zero attached hydrogens (tertiary/aromatic N) is 1. The van der Waals surface area contributed by atoms with E-state index in [2.05, 4.69) is 38.2 Å². The molecule has 0 unspecified atom stereocenters. The Hall–Kier alpha value is -3.32. The molecule has 186 valence electrons. The number of hydrogen-bond acceptors (Lipinski definition) is 4. The van der Waals surface area contributed by atoms with E-state index in [-0.39, 0.29) is 22.9 Å². The summed E-state index contributed by atoms with van der Waals surface area (Å²) in [4.78, 5) is 13.1. The highest BCUT2D eigenvalue weighted by atomic mass is 32.2. The normalized spacial score (nSPS) is 12.6. The molecule has 0 aliphatic heterocycles. The summed E-state index contributed by atoms with van der Waals surface area (Å²) >= 11 is 0. The fourth-order valence-corrected chi connectivity index (χ4v) is 5.10. The lowest BCUT2D eigenvalue weighted by atomic mass is 9.86. The first-order chi connectivity index (χ1) is 16.5. The van der Waals surface area contributed by atoms with Gasteiger partial charge in [-0.2, -0.15) is 0 Å². The Morgan fingerprint density at radius 2 is 1.54 bits per heavy atom. The van der Waals surface area contributed by atoms with Crippen molar-refractivity contribution < 1.29 is 17.9 Å². The molecule has 3 aromatic rings. The van der Waals surface area contributed by atoms with Gasteiger partial charge in [0.2, 0.25) is 5.91 Å². The topological polar surface area (TPSA) is 75.7 Å². The van der Waals surface area contributed by atoms with E-state index in [1.54, 1.807) is 42.5 Å². The Kier molecular flexibility index (Phi) is 8.22. The van der Waals surface area contributed by atoms with Crippen molar-refractivity contribution in [3.8, 4) is 5.75 Å². The highest BCUT2D eigenvalue weighted by Gasteiger charge is 2.28. The van der Waals surface area contributed by atoms with Gasteiger partial charge in [-0.3, -0.25) is 9.10 Å². The molecule has 1 atom stereocenters. The summed E-state index contributed by atoms with van der Waals surface area (Å²) in [6, 6.07) is 22.7. The monoisotopic (exact) mass is 494 g/mol. The van der Waals surface area contributed by atoms with Crippen LogP contribution in [0.5, 0.6) is 5.75 Å². The number of hydrogen-bond donors (Lipinski definition) is 1. The molecule has 3 aromatic carbocycles. The first-order valence-electron chi connectivity index (χ1n) is 11.7. The lowest BCUT2D eigenvalue weighted by Crippen LogP contribution is -2.41. The Balaban J connectivity index is 1.81. The number of carbonyl (C=O) groups excluding carboxylic acids is 1. The zero-order chi connectivity index (χ0) is 25.6. The number of sulfonamides is 1. The van der Waals surface area contributed by atoms with E-state index in [0.29, 0.717) is 18.0 Å². The van der Waals surface area contributed by atoms with Gasteiger partial charge in [0.15, 0.2) is 0 Å². The minimum atomic E-state index is -3.99. The Morgan fingerprint density at radius 3 is 2.09 bits per heavy atom. The van der Waals surface area contributed by atoms with Crippen molar-refractivity contribution in [3.63, 3.8) is 0 Å². The van der Waals surface area contributed by atoms with Gasteiger partial charge in [0, 0.05) is 0 Å². The van der Waals surface area contributed by atoms with E-state index >= 15 is 0 Å². The summed E-state index contributed by atoms with van der Waals surface area (Å²) < 4.78 is 33.6. The van der Waals surface area contributed by atoms with Crippen molar-refractivity contribution in [1.82, 2.24) is 5.32 Å². The maximum absolute atomic E-state index is 13.5. The number of para-hydroxylation sites is 1. The maximum Gasteiger partial charge on any atom is 0.264 e. The predicted molar refractivity (Wildman–Crippen MR) is 140 cm³/mol. The van der Waals surface area contributed by atoms with Gasteiger partial charge in [0.1, 0.15) is 12.3 Å². The molecule has 35 heavy (non-hydrogen) atoms. The van der Waals surface area contributed by atoms with Crippen LogP contribution in [0.15, 0.2) is 83.8 Å². The quantitative estimate of drug-likeness (QED) is 0.429. The van der Waals surface area contributed by atoms with Crippen LogP contribution >= 0.6 is 0 Å².